The fourth-order valence-corrected chi connectivity index (χ4v) is 3.22. The molecule has 0 saturated carbocycles. The number of nitrogens with one attached hydrogen (secondary N) is 2. The van der Waals surface area contributed by atoms with Crippen molar-refractivity contribution in [2.45, 2.75) is 37.8 Å². The van der Waals surface area contributed by atoms with Crippen molar-refractivity contribution in [2.24, 2.45) is 0 Å². The molecule has 0 aliphatic carbocycles. The third-order valence-electron chi connectivity index (χ3n) is 4.19. The smallest absolute Gasteiger partial charge is 0.242 e. The van der Waals surface area contributed by atoms with Crippen molar-refractivity contribution in [3.8, 4) is 0 Å². The zero-order chi connectivity index (χ0) is 13.8. The molecule has 0 spiro atoms. The Morgan fingerprint density at radius 1 is 1.30 bits per heavy atom. The molecule has 1 unspecified atom stereocenters. The van der Waals surface area contributed by atoms with Crippen LogP contribution in [0.1, 0.15) is 25.7 Å². The number of likely N-dealkylation sites (tertiary alicyclic amines) is 1. The Morgan fingerprint density at radius 3 is 2.90 bits per heavy atom. The van der Waals surface area contributed by atoms with Crippen molar-refractivity contribution in [3.05, 3.63) is 18.6 Å². The first-order valence-corrected chi connectivity index (χ1v) is 7.38. The number of carbonyl (C=O) groups is 1. The third-order valence-corrected chi connectivity index (χ3v) is 4.19. The summed E-state index contributed by atoms with van der Waals surface area (Å²) in [5.74, 6) is 0.594. The van der Waals surface area contributed by atoms with Crippen LogP contribution in [0.15, 0.2) is 18.6 Å². The quantitative estimate of drug-likeness (QED) is 0.847. The molecule has 20 heavy (non-hydrogen) atoms. The average Bonchev–Trinajstić information content (AvgIpc) is 2.99. The van der Waals surface area contributed by atoms with Crippen LogP contribution in [0.2, 0.25) is 0 Å². The standard InChI is InChI=1S/C14H21N5O/c20-14(18-13-10-16-7-8-17-13)12-2-1-9-19(12)11-3-5-15-6-4-11/h7-8,10-12,15H,1-6,9H2,(H,17,18,20). The first-order chi connectivity index (χ1) is 9.84. The van der Waals surface area contributed by atoms with Gasteiger partial charge in [0, 0.05) is 18.4 Å². The van der Waals surface area contributed by atoms with Crippen molar-refractivity contribution in [1.82, 2.24) is 20.2 Å². The van der Waals surface area contributed by atoms with E-state index in [1.807, 2.05) is 0 Å². The Balaban J connectivity index is 1.64. The number of aromatic nitrogens is 2. The lowest BCUT2D eigenvalue weighted by molar-refractivity contribution is -0.121. The van der Waals surface area contributed by atoms with Gasteiger partial charge in [0.25, 0.3) is 0 Å². The number of amides is 1. The topological polar surface area (TPSA) is 70.2 Å². The van der Waals surface area contributed by atoms with Crippen molar-refractivity contribution in [1.29, 1.82) is 0 Å². The molecule has 0 bridgehead atoms. The van der Waals surface area contributed by atoms with Gasteiger partial charge >= 0.3 is 0 Å². The van der Waals surface area contributed by atoms with Gasteiger partial charge in [-0.25, -0.2) is 4.98 Å². The Bertz CT molecular complexity index is 446. The number of anilines is 1. The number of rotatable bonds is 3. The number of hydrogen-bond donors (Lipinski definition) is 2. The molecule has 6 heteroatoms. The SMILES string of the molecule is O=C(Nc1cnccn1)C1CCCN1C1CCNCC1. The van der Waals surface area contributed by atoms with Crippen LogP contribution < -0.4 is 10.6 Å². The molecule has 1 atom stereocenters. The summed E-state index contributed by atoms with van der Waals surface area (Å²) in [7, 11) is 0. The maximum Gasteiger partial charge on any atom is 0.242 e. The Hall–Kier alpha value is -1.53. The molecule has 2 aliphatic rings. The molecular formula is C14H21N5O. The molecule has 6 nitrogen and oxygen atoms in total. The minimum Gasteiger partial charge on any atom is -0.317 e. The Kier molecular flexibility index (Phi) is 4.22. The van der Waals surface area contributed by atoms with Crippen LogP contribution in [-0.2, 0) is 4.79 Å². The van der Waals surface area contributed by atoms with Crippen molar-refractivity contribution in [2.75, 3.05) is 25.0 Å². The molecular weight excluding hydrogens is 254 g/mol. The predicted molar refractivity (Wildman–Crippen MR) is 76.3 cm³/mol. The molecule has 2 aliphatic heterocycles. The molecule has 0 aromatic carbocycles. The Labute approximate surface area is 119 Å². The van der Waals surface area contributed by atoms with Crippen LogP contribution in [-0.4, -0.2) is 52.5 Å². The highest BCUT2D eigenvalue weighted by atomic mass is 16.2. The lowest BCUT2D eigenvalue weighted by atomic mass is 10.0. The van der Waals surface area contributed by atoms with Gasteiger partial charge in [-0.15, -0.1) is 0 Å². The molecule has 1 aromatic heterocycles. The first-order valence-electron chi connectivity index (χ1n) is 7.38. The third kappa shape index (κ3) is 2.96. The van der Waals surface area contributed by atoms with Gasteiger partial charge in [-0.1, -0.05) is 0 Å². The molecule has 1 amide bonds. The highest BCUT2D eigenvalue weighted by molar-refractivity contribution is 5.94. The van der Waals surface area contributed by atoms with E-state index in [4.69, 9.17) is 0 Å². The van der Waals surface area contributed by atoms with Gasteiger partial charge in [-0.2, -0.15) is 0 Å². The second-order valence-electron chi connectivity index (χ2n) is 5.46. The lowest BCUT2D eigenvalue weighted by Gasteiger charge is -2.35. The van der Waals surface area contributed by atoms with Crippen LogP contribution in [0.5, 0.6) is 0 Å². The number of carbonyl (C=O) groups excluding carboxylic acids is 1. The van der Waals surface area contributed by atoms with Gasteiger partial charge in [0.2, 0.25) is 5.91 Å². The van der Waals surface area contributed by atoms with Gasteiger partial charge < -0.3 is 10.6 Å². The Morgan fingerprint density at radius 2 is 2.15 bits per heavy atom. The van der Waals surface area contributed by atoms with Gasteiger partial charge in [0.05, 0.1) is 12.2 Å². The fraction of sp³-hybridized carbons (Fsp3) is 0.643. The highest BCUT2D eigenvalue weighted by Gasteiger charge is 2.35. The maximum absolute atomic E-state index is 12.4. The number of nitrogens with zero attached hydrogens (tertiary/aromatic N) is 3. The van der Waals surface area contributed by atoms with E-state index in [2.05, 4.69) is 25.5 Å². The zero-order valence-electron chi connectivity index (χ0n) is 11.6. The molecule has 2 fully saturated rings. The second kappa shape index (κ2) is 6.28. The van der Waals surface area contributed by atoms with Gasteiger partial charge in [0.1, 0.15) is 0 Å². The maximum atomic E-state index is 12.4. The van der Waals surface area contributed by atoms with Crippen LogP contribution in [0.3, 0.4) is 0 Å². The normalized spacial score (nSPS) is 24.7. The van der Waals surface area contributed by atoms with Crippen LogP contribution >= 0.6 is 0 Å². The summed E-state index contributed by atoms with van der Waals surface area (Å²) < 4.78 is 0. The summed E-state index contributed by atoms with van der Waals surface area (Å²) in [6, 6.07) is 0.525. The minimum absolute atomic E-state index is 0.0138. The summed E-state index contributed by atoms with van der Waals surface area (Å²) in [6.07, 6.45) is 9.09. The minimum atomic E-state index is -0.0138. The molecule has 3 heterocycles. The number of hydrogen-bond acceptors (Lipinski definition) is 5. The summed E-state index contributed by atoms with van der Waals surface area (Å²) in [5.41, 5.74) is 0. The van der Waals surface area contributed by atoms with E-state index in [1.54, 1.807) is 18.6 Å². The average molecular weight is 275 g/mol. The second-order valence-corrected chi connectivity index (χ2v) is 5.46. The van der Waals surface area contributed by atoms with Crippen LogP contribution in [0, 0.1) is 0 Å². The van der Waals surface area contributed by atoms with E-state index in [0.29, 0.717) is 11.9 Å². The van der Waals surface area contributed by atoms with Crippen LogP contribution in [0.4, 0.5) is 5.82 Å². The van der Waals surface area contributed by atoms with E-state index in [1.165, 1.54) is 0 Å². The van der Waals surface area contributed by atoms with E-state index in [9.17, 15) is 4.79 Å². The first kappa shape index (κ1) is 13.5. The fourth-order valence-electron chi connectivity index (χ4n) is 3.22. The monoisotopic (exact) mass is 275 g/mol. The van der Waals surface area contributed by atoms with Gasteiger partial charge in [0.15, 0.2) is 5.82 Å². The molecule has 2 N–H and O–H groups in total. The highest BCUT2D eigenvalue weighted by Crippen LogP contribution is 2.25. The largest absolute Gasteiger partial charge is 0.317 e. The summed E-state index contributed by atoms with van der Waals surface area (Å²) >= 11 is 0. The van der Waals surface area contributed by atoms with Gasteiger partial charge in [-0.05, 0) is 45.3 Å². The molecule has 108 valence electrons. The summed E-state index contributed by atoms with van der Waals surface area (Å²) in [4.78, 5) is 22.9. The zero-order valence-corrected chi connectivity index (χ0v) is 11.6. The predicted octanol–water partition coefficient (Wildman–Crippen LogP) is 0.631. The van der Waals surface area contributed by atoms with Gasteiger partial charge in [-0.3, -0.25) is 14.7 Å². The van der Waals surface area contributed by atoms with E-state index in [0.717, 1.165) is 45.3 Å². The number of piperidine rings is 1. The van der Waals surface area contributed by atoms with E-state index >= 15 is 0 Å². The van der Waals surface area contributed by atoms with Crippen molar-refractivity contribution < 1.29 is 4.79 Å². The summed E-state index contributed by atoms with van der Waals surface area (Å²) in [5, 5.41) is 6.26. The van der Waals surface area contributed by atoms with E-state index < -0.39 is 0 Å². The molecule has 0 radical (unpaired) electrons. The van der Waals surface area contributed by atoms with Crippen LogP contribution in [0.25, 0.3) is 0 Å². The molecule has 1 aromatic rings. The lowest BCUT2D eigenvalue weighted by Crippen LogP contribution is -2.49. The van der Waals surface area contributed by atoms with E-state index in [-0.39, 0.29) is 11.9 Å². The molecule has 3 rings (SSSR count). The molecule has 2 saturated heterocycles. The van der Waals surface area contributed by atoms with Crippen molar-refractivity contribution in [3.63, 3.8) is 0 Å². The summed E-state index contributed by atoms with van der Waals surface area (Å²) in [6.45, 7) is 3.14. The van der Waals surface area contributed by atoms with Crippen molar-refractivity contribution >= 4 is 11.7 Å².